The number of hydrogen-bond donors (Lipinski definition) is 2. The molecule has 1 heterocycles. The molecule has 0 aliphatic rings. The maximum Gasteiger partial charge on any atom is 0.255 e. The molecule has 7 heteroatoms. The second-order valence-electron chi connectivity index (χ2n) is 5.59. The van der Waals surface area contributed by atoms with Crippen LogP contribution in [0, 0.1) is 0 Å². The first-order chi connectivity index (χ1) is 13.1. The smallest absolute Gasteiger partial charge is 0.255 e. The van der Waals surface area contributed by atoms with E-state index in [1.807, 2.05) is 12.1 Å². The molecule has 0 aliphatic carbocycles. The molecule has 6 nitrogen and oxygen atoms in total. The van der Waals surface area contributed by atoms with Gasteiger partial charge in [-0.25, -0.2) is 4.98 Å². The third-order valence-electron chi connectivity index (χ3n) is 3.78. The maximum absolute atomic E-state index is 12.4. The summed E-state index contributed by atoms with van der Waals surface area (Å²) in [5, 5.41) is 6.63. The number of halogens is 1. The monoisotopic (exact) mass is 383 g/mol. The van der Waals surface area contributed by atoms with E-state index in [-0.39, 0.29) is 5.91 Å². The summed E-state index contributed by atoms with van der Waals surface area (Å²) < 4.78 is 10.4. The normalized spacial score (nSPS) is 10.2. The van der Waals surface area contributed by atoms with Crippen LogP contribution in [0.4, 0.5) is 17.2 Å². The molecule has 2 aromatic carbocycles. The number of amides is 1. The fraction of sp³-hybridized carbons (Fsp3) is 0.100. The molecule has 0 saturated heterocycles. The summed E-state index contributed by atoms with van der Waals surface area (Å²) in [6, 6.07) is 15.8. The van der Waals surface area contributed by atoms with Crippen molar-refractivity contribution in [1.82, 2.24) is 4.98 Å². The van der Waals surface area contributed by atoms with Gasteiger partial charge in [0.25, 0.3) is 5.91 Å². The fourth-order valence-electron chi connectivity index (χ4n) is 2.40. The molecule has 138 valence electrons. The van der Waals surface area contributed by atoms with E-state index in [4.69, 9.17) is 21.1 Å². The lowest BCUT2D eigenvalue weighted by Crippen LogP contribution is -2.12. The Hall–Kier alpha value is -3.25. The van der Waals surface area contributed by atoms with E-state index in [1.54, 1.807) is 55.8 Å². The quantitative estimate of drug-likeness (QED) is 0.642. The molecule has 2 N–H and O–H groups in total. The zero-order chi connectivity index (χ0) is 19.2. The Kier molecular flexibility index (Phi) is 5.78. The highest BCUT2D eigenvalue weighted by atomic mass is 35.5. The van der Waals surface area contributed by atoms with Gasteiger partial charge < -0.3 is 20.1 Å². The van der Waals surface area contributed by atoms with Crippen molar-refractivity contribution in [2.75, 3.05) is 24.9 Å². The Morgan fingerprint density at radius 3 is 2.26 bits per heavy atom. The van der Waals surface area contributed by atoms with Crippen molar-refractivity contribution in [3.63, 3.8) is 0 Å². The number of methoxy groups -OCH3 is 2. The van der Waals surface area contributed by atoms with Gasteiger partial charge in [-0.1, -0.05) is 11.6 Å². The van der Waals surface area contributed by atoms with Gasteiger partial charge in [-0.3, -0.25) is 4.79 Å². The first-order valence-electron chi connectivity index (χ1n) is 8.11. The second-order valence-corrected chi connectivity index (χ2v) is 6.02. The van der Waals surface area contributed by atoms with E-state index in [2.05, 4.69) is 15.6 Å². The number of aromatic nitrogens is 1. The molecule has 0 spiro atoms. The predicted molar refractivity (Wildman–Crippen MR) is 106 cm³/mol. The van der Waals surface area contributed by atoms with Crippen LogP contribution in [0.3, 0.4) is 0 Å². The number of rotatable bonds is 6. The first-order valence-corrected chi connectivity index (χ1v) is 8.49. The third kappa shape index (κ3) is 4.68. The molecule has 3 rings (SSSR count). The molecule has 0 aliphatic heterocycles. The van der Waals surface area contributed by atoms with Crippen molar-refractivity contribution in [3.05, 3.63) is 71.4 Å². The minimum atomic E-state index is -0.267. The van der Waals surface area contributed by atoms with Gasteiger partial charge >= 0.3 is 0 Å². The molecule has 0 saturated carbocycles. The third-order valence-corrected chi connectivity index (χ3v) is 4.04. The van der Waals surface area contributed by atoms with Crippen LogP contribution in [-0.4, -0.2) is 25.1 Å². The van der Waals surface area contributed by atoms with Crippen molar-refractivity contribution < 1.29 is 14.3 Å². The van der Waals surface area contributed by atoms with Crippen molar-refractivity contribution in [2.24, 2.45) is 0 Å². The van der Waals surface area contributed by atoms with Gasteiger partial charge in [0, 0.05) is 16.3 Å². The zero-order valence-electron chi connectivity index (χ0n) is 14.8. The predicted octanol–water partition coefficient (Wildman–Crippen LogP) is 4.75. The highest BCUT2D eigenvalue weighted by molar-refractivity contribution is 6.30. The molecule has 0 fully saturated rings. The van der Waals surface area contributed by atoms with Gasteiger partial charge in [-0.05, 0) is 54.6 Å². The summed E-state index contributed by atoms with van der Waals surface area (Å²) in [6.45, 7) is 0. The van der Waals surface area contributed by atoms with E-state index < -0.39 is 0 Å². The summed E-state index contributed by atoms with van der Waals surface area (Å²) in [6.07, 6.45) is 1.58. The average molecular weight is 384 g/mol. The van der Waals surface area contributed by atoms with E-state index in [0.29, 0.717) is 33.6 Å². The number of pyridine rings is 1. The molecule has 27 heavy (non-hydrogen) atoms. The van der Waals surface area contributed by atoms with Crippen molar-refractivity contribution in [3.8, 4) is 11.5 Å². The summed E-state index contributed by atoms with van der Waals surface area (Å²) in [5.74, 6) is 1.44. The van der Waals surface area contributed by atoms with Crippen molar-refractivity contribution >= 4 is 34.7 Å². The number of anilines is 3. The van der Waals surface area contributed by atoms with Crippen LogP contribution in [-0.2, 0) is 0 Å². The van der Waals surface area contributed by atoms with Crippen LogP contribution >= 0.6 is 11.6 Å². The highest BCUT2D eigenvalue weighted by Gasteiger charge is 2.11. The van der Waals surface area contributed by atoms with Crippen LogP contribution in [0.15, 0.2) is 60.8 Å². The van der Waals surface area contributed by atoms with E-state index >= 15 is 0 Å². The molecule has 0 radical (unpaired) electrons. The molecular weight excluding hydrogens is 366 g/mol. The Bertz CT molecular complexity index is 928. The minimum Gasteiger partial charge on any atom is -0.493 e. The average Bonchev–Trinajstić information content (AvgIpc) is 2.70. The lowest BCUT2D eigenvalue weighted by atomic mass is 10.2. The summed E-state index contributed by atoms with van der Waals surface area (Å²) >= 11 is 5.87. The van der Waals surface area contributed by atoms with E-state index in [9.17, 15) is 4.79 Å². The number of benzene rings is 2. The summed E-state index contributed by atoms with van der Waals surface area (Å²) in [4.78, 5) is 16.7. The van der Waals surface area contributed by atoms with E-state index in [1.165, 1.54) is 7.11 Å². The van der Waals surface area contributed by atoms with Gasteiger partial charge in [-0.2, -0.15) is 0 Å². The summed E-state index contributed by atoms with van der Waals surface area (Å²) in [7, 11) is 3.07. The number of carbonyl (C=O) groups excluding carboxylic acids is 1. The minimum absolute atomic E-state index is 0.267. The Balaban J connectivity index is 1.67. The molecule has 1 aromatic heterocycles. The second kappa shape index (κ2) is 8.42. The Morgan fingerprint density at radius 1 is 0.926 bits per heavy atom. The Labute approximate surface area is 162 Å². The Morgan fingerprint density at radius 2 is 1.63 bits per heavy atom. The van der Waals surface area contributed by atoms with Gasteiger partial charge in [-0.15, -0.1) is 0 Å². The summed E-state index contributed by atoms with van der Waals surface area (Å²) in [5.41, 5.74) is 1.90. The maximum atomic E-state index is 12.4. The number of nitrogens with zero attached hydrogens (tertiary/aromatic N) is 1. The van der Waals surface area contributed by atoms with Crippen LogP contribution in [0.25, 0.3) is 0 Å². The zero-order valence-corrected chi connectivity index (χ0v) is 15.6. The number of nitrogens with one attached hydrogen (secondary N) is 2. The van der Waals surface area contributed by atoms with Gasteiger partial charge in [0.05, 0.1) is 26.1 Å². The molecule has 0 unspecified atom stereocenters. The molecule has 0 bridgehead atoms. The standard InChI is InChI=1S/C20H18ClN3O3/c1-26-17-9-3-13(11-18(17)27-2)20(25)24-16-8-10-19(22-12-16)23-15-6-4-14(21)5-7-15/h3-12H,1-2H3,(H,22,23)(H,24,25). The van der Waals surface area contributed by atoms with Crippen molar-refractivity contribution in [1.29, 1.82) is 0 Å². The van der Waals surface area contributed by atoms with Gasteiger partial charge in [0.15, 0.2) is 11.5 Å². The van der Waals surface area contributed by atoms with Crippen molar-refractivity contribution in [2.45, 2.75) is 0 Å². The van der Waals surface area contributed by atoms with E-state index in [0.717, 1.165) is 5.69 Å². The molecule has 1 amide bonds. The molecular formula is C20H18ClN3O3. The largest absolute Gasteiger partial charge is 0.493 e. The lowest BCUT2D eigenvalue weighted by molar-refractivity contribution is 0.102. The number of hydrogen-bond acceptors (Lipinski definition) is 5. The first kappa shape index (κ1) is 18.5. The van der Waals surface area contributed by atoms with Gasteiger partial charge in [0.1, 0.15) is 5.82 Å². The van der Waals surface area contributed by atoms with Crippen LogP contribution in [0.2, 0.25) is 5.02 Å². The van der Waals surface area contributed by atoms with Crippen LogP contribution < -0.4 is 20.1 Å². The van der Waals surface area contributed by atoms with Crippen LogP contribution in [0.5, 0.6) is 11.5 Å². The number of carbonyl (C=O) groups is 1. The number of ether oxygens (including phenoxy) is 2. The SMILES string of the molecule is COc1ccc(C(=O)Nc2ccc(Nc3ccc(Cl)cc3)nc2)cc1OC. The van der Waals surface area contributed by atoms with Gasteiger partial charge in [0.2, 0.25) is 0 Å². The molecule has 0 atom stereocenters. The topological polar surface area (TPSA) is 72.5 Å². The fourth-order valence-corrected chi connectivity index (χ4v) is 2.53. The lowest BCUT2D eigenvalue weighted by Gasteiger charge is -2.10. The highest BCUT2D eigenvalue weighted by Crippen LogP contribution is 2.28. The molecule has 3 aromatic rings. The van der Waals surface area contributed by atoms with Crippen LogP contribution in [0.1, 0.15) is 10.4 Å².